The van der Waals surface area contributed by atoms with Crippen molar-refractivity contribution in [2.24, 2.45) is 4.99 Å². The van der Waals surface area contributed by atoms with Crippen LogP contribution in [0.15, 0.2) is 72.1 Å². The third kappa shape index (κ3) is 4.58. The Labute approximate surface area is 202 Å². The number of benzene rings is 2. The summed E-state index contributed by atoms with van der Waals surface area (Å²) in [5, 5.41) is 7.56. The number of aromatic nitrogens is 3. The molecule has 0 radical (unpaired) electrons. The summed E-state index contributed by atoms with van der Waals surface area (Å²) in [7, 11) is 0. The number of aliphatic imine (C=N–C) groups is 1. The second kappa shape index (κ2) is 9.19. The lowest BCUT2D eigenvalue weighted by Gasteiger charge is -2.13. The van der Waals surface area contributed by atoms with Crippen LogP contribution in [0.4, 0.5) is 17.2 Å². The summed E-state index contributed by atoms with van der Waals surface area (Å²) in [6, 6.07) is 18.2. The van der Waals surface area contributed by atoms with Crippen molar-refractivity contribution in [1.82, 2.24) is 15.0 Å². The molecule has 4 aromatic rings. The van der Waals surface area contributed by atoms with Crippen LogP contribution in [-0.2, 0) is 16.1 Å². The smallest absolute Gasteiger partial charge is 0.290 e. The van der Waals surface area contributed by atoms with Gasteiger partial charge in [0.25, 0.3) is 6.02 Å². The number of hydrogen-bond acceptors (Lipinski definition) is 9. The molecule has 2 N–H and O–H groups in total. The van der Waals surface area contributed by atoms with Crippen molar-refractivity contribution >= 4 is 34.1 Å². The molecule has 9 nitrogen and oxygen atoms in total. The molecule has 2 unspecified atom stereocenters. The highest BCUT2D eigenvalue weighted by atomic mass is 16.6. The second-order valence-corrected chi connectivity index (χ2v) is 8.49. The zero-order valence-corrected chi connectivity index (χ0v) is 19.1. The predicted molar refractivity (Wildman–Crippen MR) is 133 cm³/mol. The Bertz CT molecular complexity index is 1390. The number of fused-ring (bicyclic) bond motifs is 2. The summed E-state index contributed by atoms with van der Waals surface area (Å²) < 4.78 is 17.2. The van der Waals surface area contributed by atoms with Crippen LogP contribution in [0.1, 0.15) is 11.3 Å². The maximum Gasteiger partial charge on any atom is 0.290 e. The molecule has 2 atom stereocenters. The fourth-order valence-electron chi connectivity index (χ4n) is 4.16. The fraction of sp³-hybridized carbons (Fsp3) is 0.231. The number of ether oxygens (including phenoxy) is 3. The van der Waals surface area contributed by atoms with E-state index in [2.05, 4.69) is 30.6 Å². The molecule has 176 valence electrons. The number of nitrogens with zero attached hydrogens (tertiary/aromatic N) is 4. The molecule has 1 saturated heterocycles. The summed E-state index contributed by atoms with van der Waals surface area (Å²) >= 11 is 0. The minimum Gasteiger partial charge on any atom is -0.487 e. The first kappa shape index (κ1) is 21.3. The van der Waals surface area contributed by atoms with Crippen LogP contribution >= 0.6 is 0 Å². The van der Waals surface area contributed by atoms with Crippen LogP contribution in [-0.4, -0.2) is 46.3 Å². The molecule has 0 amide bonds. The number of rotatable bonds is 6. The van der Waals surface area contributed by atoms with Gasteiger partial charge in [-0.05, 0) is 61.0 Å². The number of amidine groups is 1. The minimum absolute atomic E-state index is 0.00216. The van der Waals surface area contributed by atoms with Gasteiger partial charge < -0.3 is 24.8 Å². The van der Waals surface area contributed by atoms with Gasteiger partial charge in [-0.15, -0.1) is 0 Å². The molecule has 0 saturated carbocycles. The highest BCUT2D eigenvalue weighted by Crippen LogP contribution is 2.29. The Morgan fingerprint density at radius 1 is 0.971 bits per heavy atom. The monoisotopic (exact) mass is 468 g/mol. The van der Waals surface area contributed by atoms with Crippen LogP contribution in [0.5, 0.6) is 5.75 Å². The van der Waals surface area contributed by atoms with Gasteiger partial charge in [0.15, 0.2) is 0 Å². The van der Waals surface area contributed by atoms with Crippen molar-refractivity contribution in [3.8, 4) is 5.75 Å². The summed E-state index contributed by atoms with van der Waals surface area (Å²) in [6.45, 7) is 3.61. The van der Waals surface area contributed by atoms with Crippen molar-refractivity contribution in [3.63, 3.8) is 0 Å². The van der Waals surface area contributed by atoms with E-state index in [1.807, 2.05) is 61.5 Å². The van der Waals surface area contributed by atoms with Crippen LogP contribution in [0.25, 0.3) is 10.9 Å². The van der Waals surface area contributed by atoms with Crippen molar-refractivity contribution in [3.05, 3.63) is 78.4 Å². The number of pyridine rings is 1. The number of aryl methyl sites for hydroxylation is 1. The zero-order chi connectivity index (χ0) is 23.6. The number of hydrogen-bond donors (Lipinski definition) is 2. The molecule has 6 rings (SSSR count). The quantitative estimate of drug-likeness (QED) is 0.434. The Morgan fingerprint density at radius 3 is 2.74 bits per heavy atom. The maximum absolute atomic E-state index is 5.95. The Kier molecular flexibility index (Phi) is 5.59. The molecule has 0 aliphatic carbocycles. The van der Waals surface area contributed by atoms with Gasteiger partial charge in [0.05, 0.1) is 24.4 Å². The van der Waals surface area contributed by atoms with Gasteiger partial charge in [-0.2, -0.15) is 0 Å². The summed E-state index contributed by atoms with van der Waals surface area (Å²) in [5.41, 5.74) is 4.49. The van der Waals surface area contributed by atoms with Gasteiger partial charge in [0.2, 0.25) is 0 Å². The topological polar surface area (TPSA) is 103 Å². The zero-order valence-electron chi connectivity index (χ0n) is 19.1. The van der Waals surface area contributed by atoms with E-state index in [0.717, 1.165) is 39.3 Å². The van der Waals surface area contributed by atoms with E-state index in [4.69, 9.17) is 14.2 Å². The van der Waals surface area contributed by atoms with Gasteiger partial charge in [-0.25, -0.2) is 15.0 Å². The first-order valence-corrected chi connectivity index (χ1v) is 11.5. The molecule has 9 heteroatoms. The average Bonchev–Trinajstić information content (AvgIpc) is 3.47. The number of nitrogens with one attached hydrogen (secondary N) is 2. The third-order valence-corrected chi connectivity index (χ3v) is 5.97. The molecule has 1 fully saturated rings. The van der Waals surface area contributed by atoms with Crippen LogP contribution < -0.4 is 15.4 Å². The maximum atomic E-state index is 5.95. The number of anilines is 3. The Morgan fingerprint density at radius 2 is 1.89 bits per heavy atom. The molecule has 2 aliphatic heterocycles. The highest BCUT2D eigenvalue weighted by Gasteiger charge is 2.36. The lowest BCUT2D eigenvalue weighted by atomic mass is 10.1. The molecular weight excluding hydrogens is 444 g/mol. The molecule has 2 aliphatic rings. The lowest BCUT2D eigenvalue weighted by Crippen LogP contribution is -2.21. The molecule has 4 heterocycles. The Hall–Kier alpha value is -4.24. The van der Waals surface area contributed by atoms with E-state index in [1.54, 1.807) is 12.5 Å². The molecule has 35 heavy (non-hydrogen) atoms. The minimum atomic E-state index is -0.00216. The van der Waals surface area contributed by atoms with E-state index in [0.29, 0.717) is 31.7 Å². The van der Waals surface area contributed by atoms with E-state index in [-0.39, 0.29) is 12.1 Å². The van der Waals surface area contributed by atoms with Crippen LogP contribution in [0.3, 0.4) is 0 Å². The summed E-state index contributed by atoms with van der Waals surface area (Å²) in [4.78, 5) is 17.8. The highest BCUT2D eigenvalue weighted by molar-refractivity contribution is 5.97. The van der Waals surface area contributed by atoms with Crippen molar-refractivity contribution in [1.29, 1.82) is 0 Å². The SMILES string of the molecule is Cc1cc(Nc2ncnc3ccc(NC4=NC5COCC5O4)cc23)ccc1OCc1ccccn1. The second-order valence-electron chi connectivity index (χ2n) is 8.49. The first-order chi connectivity index (χ1) is 17.2. The van der Waals surface area contributed by atoms with E-state index in [1.165, 1.54) is 0 Å². The van der Waals surface area contributed by atoms with Crippen molar-refractivity contribution < 1.29 is 14.2 Å². The van der Waals surface area contributed by atoms with Gasteiger partial charge in [-0.3, -0.25) is 4.98 Å². The normalized spacial score (nSPS) is 18.6. The van der Waals surface area contributed by atoms with E-state index < -0.39 is 0 Å². The van der Waals surface area contributed by atoms with Gasteiger partial charge in [0.1, 0.15) is 36.6 Å². The van der Waals surface area contributed by atoms with Gasteiger partial charge >= 0.3 is 0 Å². The molecule has 0 spiro atoms. The van der Waals surface area contributed by atoms with E-state index >= 15 is 0 Å². The standard InChI is InChI=1S/C26H24N6O3/c1-16-10-17(6-8-23(16)34-12-19-4-2-3-9-27-19)30-25-20-11-18(5-7-21(20)28-15-29-25)31-26-32-22-13-33-14-24(22)35-26/h2-11,15,22,24H,12-14H2,1H3,(H,31,32)(H,28,29,30). The largest absolute Gasteiger partial charge is 0.487 e. The fourth-order valence-corrected chi connectivity index (χ4v) is 4.16. The van der Waals surface area contributed by atoms with Crippen LogP contribution in [0, 0.1) is 6.92 Å². The summed E-state index contributed by atoms with van der Waals surface area (Å²) in [5.74, 6) is 1.52. The van der Waals surface area contributed by atoms with Crippen LogP contribution in [0.2, 0.25) is 0 Å². The van der Waals surface area contributed by atoms with Gasteiger partial charge in [0, 0.05) is 23.0 Å². The Balaban J connectivity index is 1.19. The molecule has 2 aromatic carbocycles. The first-order valence-electron chi connectivity index (χ1n) is 11.5. The third-order valence-electron chi connectivity index (χ3n) is 5.97. The molecular formula is C26H24N6O3. The summed E-state index contributed by atoms with van der Waals surface area (Å²) in [6.07, 6.45) is 3.32. The van der Waals surface area contributed by atoms with Gasteiger partial charge in [-0.1, -0.05) is 6.07 Å². The van der Waals surface area contributed by atoms with Crippen molar-refractivity contribution in [2.75, 3.05) is 23.8 Å². The average molecular weight is 469 g/mol. The molecule has 2 aromatic heterocycles. The molecule has 0 bridgehead atoms. The van der Waals surface area contributed by atoms with E-state index in [9.17, 15) is 0 Å². The predicted octanol–water partition coefficient (Wildman–Crippen LogP) is 4.22. The van der Waals surface area contributed by atoms with Crippen molar-refractivity contribution in [2.45, 2.75) is 25.7 Å². The lowest BCUT2D eigenvalue weighted by molar-refractivity contribution is 0.138.